The Labute approximate surface area is 101 Å². The second-order valence-corrected chi connectivity index (χ2v) is 3.95. The van der Waals surface area contributed by atoms with Crippen LogP contribution >= 0.6 is 15.9 Å². The lowest BCUT2D eigenvalue weighted by Gasteiger charge is -2.05. The molecule has 0 radical (unpaired) electrons. The Kier molecular flexibility index (Phi) is 4.64. The molecule has 86 valence electrons. The largest absolute Gasteiger partial charge is 0.462 e. The van der Waals surface area contributed by atoms with Gasteiger partial charge in [0.25, 0.3) is 0 Å². The van der Waals surface area contributed by atoms with E-state index in [4.69, 9.17) is 9.84 Å². The van der Waals surface area contributed by atoms with Crippen LogP contribution in [0.3, 0.4) is 0 Å². The number of Topliss-reactive ketones (excluding diaryl/α,β-unsaturated/α-hetero) is 1. The molecule has 0 saturated carbocycles. The number of esters is 1. The van der Waals surface area contributed by atoms with Gasteiger partial charge in [-0.05, 0) is 25.1 Å². The number of hydrogen-bond donors (Lipinski definition) is 1. The third-order valence-electron chi connectivity index (χ3n) is 1.87. The molecule has 5 heteroatoms. The van der Waals surface area contributed by atoms with Crippen LogP contribution in [0.4, 0.5) is 0 Å². The van der Waals surface area contributed by atoms with Crippen LogP contribution in [-0.2, 0) is 4.74 Å². The lowest BCUT2D eigenvalue weighted by atomic mass is 10.1. The Balaban J connectivity index is 3.07. The Morgan fingerprint density at radius 1 is 1.31 bits per heavy atom. The van der Waals surface area contributed by atoms with E-state index in [1.54, 1.807) is 19.1 Å². The molecule has 1 aromatic rings. The van der Waals surface area contributed by atoms with Crippen molar-refractivity contribution in [3.05, 3.63) is 33.8 Å². The van der Waals surface area contributed by atoms with Crippen molar-refractivity contribution >= 4 is 27.7 Å². The van der Waals surface area contributed by atoms with Gasteiger partial charge in [-0.15, -0.1) is 0 Å². The molecule has 4 nitrogen and oxygen atoms in total. The molecule has 0 fully saturated rings. The van der Waals surface area contributed by atoms with E-state index in [1.807, 2.05) is 0 Å². The highest BCUT2D eigenvalue weighted by Crippen LogP contribution is 2.17. The summed E-state index contributed by atoms with van der Waals surface area (Å²) in [6, 6.07) is 4.51. The van der Waals surface area contributed by atoms with E-state index in [0.717, 1.165) is 0 Å². The normalized spacial score (nSPS) is 9.94. The summed E-state index contributed by atoms with van der Waals surface area (Å²) in [5.41, 5.74) is 0.563. The summed E-state index contributed by atoms with van der Waals surface area (Å²) < 4.78 is 5.41. The number of aliphatic hydroxyl groups is 1. The van der Waals surface area contributed by atoms with E-state index in [0.29, 0.717) is 4.47 Å². The number of ether oxygens (including phenoxy) is 1. The molecule has 0 saturated heterocycles. The summed E-state index contributed by atoms with van der Waals surface area (Å²) in [6.45, 7) is 1.39. The molecule has 0 unspecified atom stereocenters. The molecule has 1 aromatic carbocycles. The number of ketones is 1. The average molecular weight is 287 g/mol. The summed E-state index contributed by atoms with van der Waals surface area (Å²) in [6.07, 6.45) is 0. The Morgan fingerprint density at radius 3 is 2.50 bits per heavy atom. The minimum absolute atomic E-state index is 0.272. The van der Waals surface area contributed by atoms with E-state index in [9.17, 15) is 9.59 Å². The van der Waals surface area contributed by atoms with Crippen LogP contribution in [-0.4, -0.2) is 30.1 Å². The first-order chi connectivity index (χ1) is 7.58. The highest BCUT2D eigenvalue weighted by atomic mass is 79.9. The first-order valence-corrected chi connectivity index (χ1v) is 5.49. The predicted molar refractivity (Wildman–Crippen MR) is 61.5 cm³/mol. The maximum absolute atomic E-state index is 11.4. The van der Waals surface area contributed by atoms with E-state index in [-0.39, 0.29) is 17.7 Å². The topological polar surface area (TPSA) is 63.6 Å². The number of hydrogen-bond acceptors (Lipinski definition) is 4. The third kappa shape index (κ3) is 3.15. The zero-order chi connectivity index (χ0) is 12.1. The Morgan fingerprint density at radius 2 is 1.94 bits per heavy atom. The average Bonchev–Trinajstić information content (AvgIpc) is 2.27. The standard InChI is InChI=1S/C11H11BrO4/c1-2-16-11(15)8-3-7(10(14)6-13)4-9(12)5-8/h3-5,13H,2,6H2,1H3. The molecule has 0 aliphatic carbocycles. The number of rotatable bonds is 4. The zero-order valence-electron chi connectivity index (χ0n) is 8.70. The van der Waals surface area contributed by atoms with Gasteiger partial charge in [-0.3, -0.25) is 4.79 Å². The molecule has 0 atom stereocenters. The molecule has 0 spiro atoms. The molecule has 0 amide bonds. The molecule has 0 bridgehead atoms. The summed E-state index contributed by atoms with van der Waals surface area (Å²) in [4.78, 5) is 22.7. The third-order valence-corrected chi connectivity index (χ3v) is 2.33. The van der Waals surface area contributed by atoms with Crippen molar-refractivity contribution in [1.82, 2.24) is 0 Å². The lowest BCUT2D eigenvalue weighted by Crippen LogP contribution is -2.09. The van der Waals surface area contributed by atoms with Gasteiger partial charge in [0.1, 0.15) is 6.61 Å². The van der Waals surface area contributed by atoms with Crippen LogP contribution in [0, 0.1) is 0 Å². The van der Waals surface area contributed by atoms with Crippen LogP contribution < -0.4 is 0 Å². The van der Waals surface area contributed by atoms with E-state index in [1.165, 1.54) is 6.07 Å². The summed E-state index contributed by atoms with van der Waals surface area (Å²) >= 11 is 3.19. The minimum atomic E-state index is -0.585. The Bertz CT molecular complexity index is 414. The highest BCUT2D eigenvalue weighted by Gasteiger charge is 2.12. The maximum Gasteiger partial charge on any atom is 0.338 e. The molecular weight excluding hydrogens is 276 g/mol. The maximum atomic E-state index is 11.4. The quantitative estimate of drug-likeness (QED) is 0.677. The van der Waals surface area contributed by atoms with Gasteiger partial charge >= 0.3 is 5.97 Å². The van der Waals surface area contributed by atoms with Crippen molar-refractivity contribution in [2.24, 2.45) is 0 Å². The van der Waals surface area contributed by atoms with Crippen LogP contribution in [0.15, 0.2) is 22.7 Å². The number of aliphatic hydroxyl groups excluding tert-OH is 1. The summed E-state index contributed by atoms with van der Waals surface area (Å²) in [5.74, 6) is -0.928. The zero-order valence-corrected chi connectivity index (χ0v) is 10.3. The first kappa shape index (κ1) is 12.9. The summed E-state index contributed by atoms with van der Waals surface area (Å²) in [7, 11) is 0. The van der Waals surface area contributed by atoms with Gasteiger partial charge in [-0.1, -0.05) is 15.9 Å². The molecule has 1 N–H and O–H groups in total. The van der Waals surface area contributed by atoms with Crippen molar-refractivity contribution in [2.45, 2.75) is 6.92 Å². The number of halogens is 1. The van der Waals surface area contributed by atoms with Crippen molar-refractivity contribution in [3.63, 3.8) is 0 Å². The smallest absolute Gasteiger partial charge is 0.338 e. The first-order valence-electron chi connectivity index (χ1n) is 4.70. The molecule has 0 aliphatic rings. The van der Waals surface area contributed by atoms with Crippen molar-refractivity contribution in [2.75, 3.05) is 13.2 Å². The van der Waals surface area contributed by atoms with Crippen LogP contribution in [0.25, 0.3) is 0 Å². The second kappa shape index (κ2) is 5.77. The van der Waals surface area contributed by atoms with E-state index >= 15 is 0 Å². The molecular formula is C11H11BrO4. The van der Waals surface area contributed by atoms with Gasteiger partial charge in [-0.25, -0.2) is 4.79 Å². The van der Waals surface area contributed by atoms with Gasteiger partial charge in [0.15, 0.2) is 5.78 Å². The van der Waals surface area contributed by atoms with E-state index < -0.39 is 18.4 Å². The van der Waals surface area contributed by atoms with Gasteiger partial charge in [0, 0.05) is 10.0 Å². The molecule has 0 aliphatic heterocycles. The second-order valence-electron chi connectivity index (χ2n) is 3.03. The van der Waals surface area contributed by atoms with Gasteiger partial charge in [0.2, 0.25) is 0 Å². The fourth-order valence-electron chi connectivity index (χ4n) is 1.17. The summed E-state index contributed by atoms with van der Waals surface area (Å²) in [5, 5.41) is 8.73. The number of carbonyl (C=O) groups excluding carboxylic acids is 2. The monoisotopic (exact) mass is 286 g/mol. The van der Waals surface area contributed by atoms with Crippen LogP contribution in [0.1, 0.15) is 27.6 Å². The fraction of sp³-hybridized carbons (Fsp3) is 0.273. The van der Waals surface area contributed by atoms with Crippen LogP contribution in [0.2, 0.25) is 0 Å². The predicted octanol–water partition coefficient (Wildman–Crippen LogP) is 1.80. The van der Waals surface area contributed by atoms with Crippen molar-refractivity contribution in [1.29, 1.82) is 0 Å². The van der Waals surface area contributed by atoms with Gasteiger partial charge < -0.3 is 9.84 Å². The van der Waals surface area contributed by atoms with Crippen molar-refractivity contribution < 1.29 is 19.4 Å². The molecule has 0 heterocycles. The highest BCUT2D eigenvalue weighted by molar-refractivity contribution is 9.10. The van der Waals surface area contributed by atoms with E-state index in [2.05, 4.69) is 15.9 Å². The number of benzene rings is 1. The molecule has 1 rings (SSSR count). The van der Waals surface area contributed by atoms with Crippen molar-refractivity contribution in [3.8, 4) is 0 Å². The SMILES string of the molecule is CCOC(=O)c1cc(Br)cc(C(=O)CO)c1. The lowest BCUT2D eigenvalue weighted by molar-refractivity contribution is 0.0526. The molecule has 0 aromatic heterocycles. The fourth-order valence-corrected chi connectivity index (χ4v) is 1.67. The minimum Gasteiger partial charge on any atom is -0.462 e. The van der Waals surface area contributed by atoms with Gasteiger partial charge in [-0.2, -0.15) is 0 Å². The molecule has 16 heavy (non-hydrogen) atoms. The van der Waals surface area contributed by atoms with Crippen LogP contribution in [0.5, 0.6) is 0 Å². The Hall–Kier alpha value is -1.20. The number of carbonyl (C=O) groups is 2. The van der Waals surface area contributed by atoms with Gasteiger partial charge in [0.05, 0.1) is 12.2 Å².